The van der Waals surface area contributed by atoms with Crippen LogP contribution in [-0.2, 0) is 11.2 Å². The summed E-state index contributed by atoms with van der Waals surface area (Å²) in [6, 6.07) is 2.06. The summed E-state index contributed by atoms with van der Waals surface area (Å²) < 4.78 is 15.9. The van der Waals surface area contributed by atoms with Gasteiger partial charge in [-0.2, -0.15) is 10.2 Å². The lowest BCUT2D eigenvalue weighted by molar-refractivity contribution is 0.0217. The second-order valence-electron chi connectivity index (χ2n) is 5.02. The van der Waals surface area contributed by atoms with Gasteiger partial charge in [0.2, 0.25) is 11.7 Å². The highest BCUT2D eigenvalue weighted by atomic mass is 16.5. The molecular weight excluding hydrogens is 272 g/mol. The van der Waals surface area contributed by atoms with E-state index in [1.54, 1.807) is 6.92 Å². The minimum Gasteiger partial charge on any atom is -0.370 e. The Hall–Kier alpha value is -2.20. The normalized spacial score (nSPS) is 12.6. The summed E-state index contributed by atoms with van der Waals surface area (Å²) in [6.45, 7) is 8.26. The van der Waals surface area contributed by atoms with Gasteiger partial charge in [0.15, 0.2) is 5.76 Å². The lowest BCUT2D eigenvalue weighted by Gasteiger charge is -2.16. The Balaban J connectivity index is 2.18. The van der Waals surface area contributed by atoms with Crippen LogP contribution in [-0.4, -0.2) is 21.9 Å². The second kappa shape index (κ2) is 6.50. The van der Waals surface area contributed by atoms with Crippen molar-refractivity contribution in [1.82, 2.24) is 15.3 Å². The highest BCUT2D eigenvalue weighted by molar-refractivity contribution is 5.36. The number of hydrogen-bond acceptors (Lipinski definition) is 7. The fraction of sp³-hybridized carbons (Fsp3) is 0.571. The van der Waals surface area contributed by atoms with Gasteiger partial charge in [0.05, 0.1) is 6.42 Å². The van der Waals surface area contributed by atoms with Gasteiger partial charge in [0.1, 0.15) is 23.4 Å². The first kappa shape index (κ1) is 15.2. The number of nitrogens with zero attached hydrogens (tertiary/aromatic N) is 4. The van der Waals surface area contributed by atoms with E-state index >= 15 is 0 Å². The van der Waals surface area contributed by atoms with Crippen LogP contribution in [0.3, 0.4) is 0 Å². The van der Waals surface area contributed by atoms with E-state index in [9.17, 15) is 0 Å². The Morgan fingerprint density at radius 1 is 1.29 bits per heavy atom. The molecule has 7 heteroatoms. The standard InChI is InChI=1S/C14H18N4O3/c1-5-19-13(8(2)3)14-16-12(21-18-14)6-11-10(7-15)9(4)20-17-11/h8,13H,5-6H2,1-4H3. The maximum absolute atomic E-state index is 9.07. The maximum Gasteiger partial charge on any atom is 0.232 e. The van der Waals surface area contributed by atoms with Gasteiger partial charge in [0, 0.05) is 6.61 Å². The number of ether oxygens (including phenoxy) is 1. The Kier molecular flexibility index (Phi) is 4.70. The molecule has 2 heterocycles. The van der Waals surface area contributed by atoms with Crippen LogP contribution in [0.2, 0.25) is 0 Å². The average molecular weight is 290 g/mol. The minimum atomic E-state index is -0.206. The summed E-state index contributed by atoms with van der Waals surface area (Å²) in [6.07, 6.45) is 0.0615. The van der Waals surface area contributed by atoms with Crippen LogP contribution in [0.15, 0.2) is 9.05 Å². The molecule has 0 amide bonds. The van der Waals surface area contributed by atoms with Gasteiger partial charge < -0.3 is 13.8 Å². The zero-order valence-electron chi connectivity index (χ0n) is 12.6. The molecule has 7 nitrogen and oxygen atoms in total. The van der Waals surface area contributed by atoms with Crippen molar-refractivity contribution in [2.24, 2.45) is 5.92 Å². The zero-order valence-corrected chi connectivity index (χ0v) is 12.6. The second-order valence-corrected chi connectivity index (χ2v) is 5.02. The van der Waals surface area contributed by atoms with Crippen molar-refractivity contribution in [3.8, 4) is 6.07 Å². The third kappa shape index (κ3) is 3.28. The van der Waals surface area contributed by atoms with Crippen LogP contribution in [0.4, 0.5) is 0 Å². The van der Waals surface area contributed by atoms with E-state index in [0.29, 0.717) is 35.3 Å². The Morgan fingerprint density at radius 2 is 2.05 bits per heavy atom. The molecule has 2 aromatic heterocycles. The topological polar surface area (TPSA) is 98.0 Å². The van der Waals surface area contributed by atoms with Crippen molar-refractivity contribution in [2.45, 2.75) is 40.2 Å². The molecule has 0 bridgehead atoms. The molecule has 2 aromatic rings. The average Bonchev–Trinajstić information content (AvgIpc) is 3.03. The molecule has 0 fully saturated rings. The summed E-state index contributed by atoms with van der Waals surface area (Å²) in [5, 5.41) is 16.9. The van der Waals surface area contributed by atoms with E-state index in [1.807, 2.05) is 20.8 Å². The van der Waals surface area contributed by atoms with Crippen molar-refractivity contribution in [3.05, 3.63) is 28.7 Å². The van der Waals surface area contributed by atoms with E-state index in [-0.39, 0.29) is 18.4 Å². The van der Waals surface area contributed by atoms with E-state index < -0.39 is 0 Å². The minimum absolute atomic E-state index is 0.206. The van der Waals surface area contributed by atoms with E-state index in [1.165, 1.54) is 0 Å². The Labute approximate surface area is 122 Å². The highest BCUT2D eigenvalue weighted by Crippen LogP contribution is 2.24. The maximum atomic E-state index is 9.07. The number of hydrogen-bond donors (Lipinski definition) is 0. The number of rotatable bonds is 6. The summed E-state index contributed by atoms with van der Waals surface area (Å²) in [5.74, 6) is 1.63. The van der Waals surface area contributed by atoms with E-state index in [0.717, 1.165) is 0 Å². The molecule has 0 aliphatic rings. The molecule has 21 heavy (non-hydrogen) atoms. The molecule has 1 unspecified atom stereocenters. The molecular formula is C14H18N4O3. The van der Waals surface area contributed by atoms with Crippen LogP contribution in [0.5, 0.6) is 0 Å². The molecule has 112 valence electrons. The fourth-order valence-electron chi connectivity index (χ4n) is 2.03. The van der Waals surface area contributed by atoms with Crippen LogP contribution in [0.25, 0.3) is 0 Å². The zero-order chi connectivity index (χ0) is 15.4. The number of aromatic nitrogens is 3. The van der Waals surface area contributed by atoms with Crippen molar-refractivity contribution in [1.29, 1.82) is 5.26 Å². The molecule has 2 rings (SSSR count). The van der Waals surface area contributed by atoms with Crippen molar-refractivity contribution in [3.63, 3.8) is 0 Å². The van der Waals surface area contributed by atoms with Gasteiger partial charge in [-0.3, -0.25) is 0 Å². The summed E-state index contributed by atoms with van der Waals surface area (Å²) in [4.78, 5) is 4.34. The first-order valence-electron chi connectivity index (χ1n) is 6.86. The highest BCUT2D eigenvalue weighted by Gasteiger charge is 2.23. The predicted octanol–water partition coefficient (Wildman–Crippen LogP) is 2.56. The number of aryl methyl sites for hydroxylation is 1. The molecule has 0 aliphatic carbocycles. The Bertz CT molecular complexity index is 639. The number of nitriles is 1. The quantitative estimate of drug-likeness (QED) is 0.806. The summed E-state index contributed by atoms with van der Waals surface area (Å²) in [7, 11) is 0. The lowest BCUT2D eigenvalue weighted by Crippen LogP contribution is -2.12. The predicted molar refractivity (Wildman–Crippen MR) is 72.3 cm³/mol. The van der Waals surface area contributed by atoms with Gasteiger partial charge in [0.25, 0.3) is 0 Å². The van der Waals surface area contributed by atoms with Gasteiger partial charge in [-0.25, -0.2) is 0 Å². The van der Waals surface area contributed by atoms with Gasteiger partial charge in [-0.05, 0) is 19.8 Å². The van der Waals surface area contributed by atoms with E-state index in [4.69, 9.17) is 19.0 Å². The van der Waals surface area contributed by atoms with Crippen molar-refractivity contribution in [2.75, 3.05) is 6.61 Å². The van der Waals surface area contributed by atoms with Crippen LogP contribution in [0.1, 0.15) is 55.6 Å². The molecule has 0 aromatic carbocycles. The molecule has 0 aliphatic heterocycles. The lowest BCUT2D eigenvalue weighted by atomic mass is 10.1. The monoisotopic (exact) mass is 290 g/mol. The first-order chi connectivity index (χ1) is 10.1. The summed E-state index contributed by atoms with van der Waals surface area (Å²) >= 11 is 0. The van der Waals surface area contributed by atoms with Gasteiger partial charge in [-0.15, -0.1) is 0 Å². The van der Waals surface area contributed by atoms with Gasteiger partial charge >= 0.3 is 0 Å². The Morgan fingerprint density at radius 3 is 2.67 bits per heavy atom. The SMILES string of the molecule is CCOC(c1noc(Cc2noc(C)c2C#N)n1)C(C)C. The van der Waals surface area contributed by atoms with Crippen LogP contribution in [0, 0.1) is 24.2 Å². The molecule has 0 spiro atoms. The van der Waals surface area contributed by atoms with Crippen LogP contribution >= 0.6 is 0 Å². The fourth-order valence-corrected chi connectivity index (χ4v) is 2.03. The van der Waals surface area contributed by atoms with Crippen molar-refractivity contribution < 1.29 is 13.8 Å². The molecule has 0 saturated heterocycles. The van der Waals surface area contributed by atoms with E-state index in [2.05, 4.69) is 21.4 Å². The molecule has 0 N–H and O–H groups in total. The third-order valence-electron chi connectivity index (χ3n) is 3.05. The smallest absolute Gasteiger partial charge is 0.232 e. The summed E-state index contributed by atoms with van der Waals surface area (Å²) in [5.41, 5.74) is 0.919. The largest absolute Gasteiger partial charge is 0.370 e. The molecule has 0 radical (unpaired) electrons. The first-order valence-corrected chi connectivity index (χ1v) is 6.86. The third-order valence-corrected chi connectivity index (χ3v) is 3.05. The van der Waals surface area contributed by atoms with Crippen molar-refractivity contribution >= 4 is 0 Å². The molecule has 1 atom stereocenters. The van der Waals surface area contributed by atoms with Gasteiger partial charge in [-0.1, -0.05) is 24.2 Å². The van der Waals surface area contributed by atoms with Crippen LogP contribution < -0.4 is 0 Å². The molecule has 0 saturated carbocycles.